The molecule has 0 fully saturated rings. The maximum Gasteiger partial charge on any atom is 0.407 e. The van der Waals surface area contributed by atoms with Crippen LogP contribution in [0.15, 0.2) is 24.3 Å². The van der Waals surface area contributed by atoms with Crippen molar-refractivity contribution in [3.8, 4) is 0 Å². The van der Waals surface area contributed by atoms with E-state index >= 15 is 0 Å². The number of rotatable bonds is 5. The Labute approximate surface area is 95.8 Å². The van der Waals surface area contributed by atoms with E-state index in [9.17, 15) is 4.79 Å². The third-order valence-electron chi connectivity index (χ3n) is 2.21. The van der Waals surface area contributed by atoms with Crippen LogP contribution in [0.3, 0.4) is 0 Å². The Bertz CT molecular complexity index is 322. The number of nitrogens with one attached hydrogen (secondary N) is 1. The number of amides is 1. The lowest BCUT2D eigenvalue weighted by molar-refractivity contribution is 0.140. The first-order chi connectivity index (χ1) is 7.76. The lowest BCUT2D eigenvalue weighted by Crippen LogP contribution is -2.29. The van der Waals surface area contributed by atoms with E-state index < -0.39 is 6.09 Å². The number of ether oxygens (including phenoxy) is 1. The predicted octanol–water partition coefficient (Wildman–Crippen LogP) is 1.43. The van der Waals surface area contributed by atoms with E-state index in [2.05, 4.69) is 12.2 Å². The summed E-state index contributed by atoms with van der Waals surface area (Å²) in [6, 6.07) is 8.01. The van der Waals surface area contributed by atoms with Gasteiger partial charge in [-0.05, 0) is 17.5 Å². The van der Waals surface area contributed by atoms with Gasteiger partial charge < -0.3 is 15.8 Å². The highest BCUT2D eigenvalue weighted by Crippen LogP contribution is 2.06. The molecule has 0 aliphatic rings. The van der Waals surface area contributed by atoms with Gasteiger partial charge in [0.25, 0.3) is 0 Å². The summed E-state index contributed by atoms with van der Waals surface area (Å²) >= 11 is 0. The Morgan fingerprint density at radius 3 is 2.50 bits per heavy atom. The van der Waals surface area contributed by atoms with Gasteiger partial charge in [0.2, 0.25) is 0 Å². The number of aryl methyl sites for hydroxylation is 1. The van der Waals surface area contributed by atoms with E-state index in [1.54, 1.807) is 0 Å². The molecule has 4 nitrogen and oxygen atoms in total. The van der Waals surface area contributed by atoms with E-state index in [0.717, 1.165) is 12.0 Å². The second kappa shape index (κ2) is 6.85. The molecule has 0 aliphatic heterocycles. The largest absolute Gasteiger partial charge is 0.445 e. The van der Waals surface area contributed by atoms with Crippen molar-refractivity contribution in [2.24, 2.45) is 5.73 Å². The normalized spacial score (nSPS) is 9.88. The van der Waals surface area contributed by atoms with E-state index in [1.165, 1.54) is 5.56 Å². The number of carbonyl (C=O) groups is 1. The van der Waals surface area contributed by atoms with Crippen LogP contribution in [0.25, 0.3) is 0 Å². The fraction of sp³-hybridized carbons (Fsp3) is 0.417. The van der Waals surface area contributed by atoms with Crippen LogP contribution < -0.4 is 11.1 Å². The Morgan fingerprint density at radius 2 is 1.94 bits per heavy atom. The maximum absolute atomic E-state index is 11.1. The van der Waals surface area contributed by atoms with Crippen molar-refractivity contribution >= 4 is 6.09 Å². The minimum absolute atomic E-state index is 0.292. The minimum atomic E-state index is -0.426. The van der Waals surface area contributed by atoms with Gasteiger partial charge in [-0.15, -0.1) is 0 Å². The predicted molar refractivity (Wildman–Crippen MR) is 63.1 cm³/mol. The van der Waals surface area contributed by atoms with Crippen molar-refractivity contribution < 1.29 is 9.53 Å². The number of alkyl carbamates (subject to hydrolysis) is 1. The smallest absolute Gasteiger partial charge is 0.407 e. The molecule has 1 aromatic carbocycles. The molecule has 0 heterocycles. The Balaban J connectivity index is 2.33. The average Bonchev–Trinajstić information content (AvgIpc) is 2.34. The first-order valence-corrected chi connectivity index (χ1v) is 5.44. The van der Waals surface area contributed by atoms with Crippen LogP contribution in [0.5, 0.6) is 0 Å². The second-order valence-electron chi connectivity index (χ2n) is 3.46. The lowest BCUT2D eigenvalue weighted by Gasteiger charge is -2.06. The monoisotopic (exact) mass is 222 g/mol. The standard InChI is InChI=1S/C12H18N2O2/c1-2-10-3-5-11(6-4-10)9-16-12(15)14-8-7-13/h3-6H,2,7-9,13H2,1H3,(H,14,15). The molecule has 1 rings (SSSR count). The van der Waals surface area contributed by atoms with Crippen LogP contribution in [0.2, 0.25) is 0 Å². The fourth-order valence-corrected chi connectivity index (χ4v) is 1.25. The van der Waals surface area contributed by atoms with Gasteiger partial charge >= 0.3 is 6.09 Å². The first kappa shape index (κ1) is 12.5. The molecule has 0 saturated carbocycles. The molecule has 0 saturated heterocycles. The Kier molecular flexibility index (Phi) is 5.36. The van der Waals surface area contributed by atoms with Crippen molar-refractivity contribution in [3.63, 3.8) is 0 Å². The second-order valence-corrected chi connectivity index (χ2v) is 3.46. The van der Waals surface area contributed by atoms with Gasteiger partial charge in [-0.3, -0.25) is 0 Å². The molecule has 4 heteroatoms. The van der Waals surface area contributed by atoms with Crippen LogP contribution >= 0.6 is 0 Å². The summed E-state index contributed by atoms with van der Waals surface area (Å²) in [7, 11) is 0. The van der Waals surface area contributed by atoms with Crippen LogP contribution in [0.4, 0.5) is 4.79 Å². The third kappa shape index (κ3) is 4.31. The zero-order valence-corrected chi connectivity index (χ0v) is 9.53. The van der Waals surface area contributed by atoms with Gasteiger partial charge in [-0.2, -0.15) is 0 Å². The minimum Gasteiger partial charge on any atom is -0.445 e. The zero-order chi connectivity index (χ0) is 11.8. The highest BCUT2D eigenvalue weighted by molar-refractivity contribution is 5.67. The third-order valence-corrected chi connectivity index (χ3v) is 2.21. The van der Waals surface area contributed by atoms with Gasteiger partial charge in [0.05, 0.1) is 0 Å². The summed E-state index contributed by atoms with van der Waals surface area (Å²) in [6.07, 6.45) is 0.586. The van der Waals surface area contributed by atoms with Crippen molar-refractivity contribution in [1.29, 1.82) is 0 Å². The molecular formula is C12H18N2O2. The molecule has 1 aromatic rings. The molecule has 0 spiro atoms. The van der Waals surface area contributed by atoms with Crippen molar-refractivity contribution in [2.45, 2.75) is 20.0 Å². The van der Waals surface area contributed by atoms with Gasteiger partial charge in [-0.25, -0.2) is 4.79 Å². The van der Waals surface area contributed by atoms with E-state index in [4.69, 9.17) is 10.5 Å². The quantitative estimate of drug-likeness (QED) is 0.792. The average molecular weight is 222 g/mol. The van der Waals surface area contributed by atoms with Crippen LogP contribution in [-0.2, 0) is 17.8 Å². The number of benzene rings is 1. The summed E-state index contributed by atoms with van der Waals surface area (Å²) in [6.45, 7) is 3.25. The van der Waals surface area contributed by atoms with Crippen molar-refractivity contribution in [1.82, 2.24) is 5.32 Å². The Hall–Kier alpha value is -1.55. The molecule has 0 aliphatic carbocycles. The Morgan fingerprint density at radius 1 is 1.31 bits per heavy atom. The van der Waals surface area contributed by atoms with Crippen LogP contribution in [0.1, 0.15) is 18.1 Å². The zero-order valence-electron chi connectivity index (χ0n) is 9.53. The van der Waals surface area contributed by atoms with Gasteiger partial charge in [0.1, 0.15) is 6.61 Å². The fourth-order valence-electron chi connectivity index (χ4n) is 1.25. The molecule has 88 valence electrons. The van der Waals surface area contributed by atoms with Crippen molar-refractivity contribution in [2.75, 3.05) is 13.1 Å². The first-order valence-electron chi connectivity index (χ1n) is 5.44. The lowest BCUT2D eigenvalue weighted by atomic mass is 10.1. The number of hydrogen-bond donors (Lipinski definition) is 2. The number of nitrogens with two attached hydrogens (primary N) is 1. The molecule has 0 aromatic heterocycles. The van der Waals surface area contributed by atoms with Gasteiger partial charge in [0, 0.05) is 13.1 Å². The summed E-state index contributed by atoms with van der Waals surface area (Å²) in [4.78, 5) is 11.1. The summed E-state index contributed by atoms with van der Waals surface area (Å²) in [5.41, 5.74) is 7.51. The summed E-state index contributed by atoms with van der Waals surface area (Å²) < 4.78 is 5.00. The molecule has 1 amide bonds. The number of hydrogen-bond acceptors (Lipinski definition) is 3. The SMILES string of the molecule is CCc1ccc(COC(=O)NCCN)cc1. The topological polar surface area (TPSA) is 64.3 Å². The molecule has 0 radical (unpaired) electrons. The molecule has 3 N–H and O–H groups in total. The van der Waals surface area contributed by atoms with Crippen LogP contribution in [-0.4, -0.2) is 19.2 Å². The molecular weight excluding hydrogens is 204 g/mol. The van der Waals surface area contributed by atoms with Crippen LogP contribution in [0, 0.1) is 0 Å². The maximum atomic E-state index is 11.1. The number of carbonyl (C=O) groups excluding carboxylic acids is 1. The van der Waals surface area contributed by atoms with Crippen molar-refractivity contribution in [3.05, 3.63) is 35.4 Å². The molecule has 0 atom stereocenters. The summed E-state index contributed by atoms with van der Waals surface area (Å²) in [5, 5.41) is 2.54. The molecule has 0 unspecified atom stereocenters. The van der Waals surface area contributed by atoms with Gasteiger partial charge in [-0.1, -0.05) is 31.2 Å². The van der Waals surface area contributed by atoms with E-state index in [0.29, 0.717) is 19.7 Å². The van der Waals surface area contributed by atoms with Gasteiger partial charge in [0.15, 0.2) is 0 Å². The highest BCUT2D eigenvalue weighted by Gasteiger charge is 2.00. The summed E-state index contributed by atoms with van der Waals surface area (Å²) in [5.74, 6) is 0. The molecule has 16 heavy (non-hydrogen) atoms. The van der Waals surface area contributed by atoms with E-state index in [1.807, 2.05) is 24.3 Å². The highest BCUT2D eigenvalue weighted by atomic mass is 16.5. The van der Waals surface area contributed by atoms with E-state index in [-0.39, 0.29) is 0 Å². The molecule has 0 bridgehead atoms.